The second-order valence-electron chi connectivity index (χ2n) is 5.94. The molecular weight excluding hydrogens is 327 g/mol. The topological polar surface area (TPSA) is 81.5 Å². The minimum Gasteiger partial charge on any atom is -0.483 e. The fourth-order valence-electron chi connectivity index (χ4n) is 2.20. The van der Waals surface area contributed by atoms with Crippen LogP contribution in [-0.2, 0) is 4.79 Å². The molecule has 0 atom stereocenters. The van der Waals surface area contributed by atoms with E-state index < -0.39 is 22.3 Å². The average Bonchev–Trinajstić information content (AvgIpc) is 2.55. The van der Waals surface area contributed by atoms with Gasteiger partial charge in [-0.05, 0) is 42.2 Å². The number of amides is 1. The first kappa shape index (κ1) is 18.4. The van der Waals surface area contributed by atoms with Gasteiger partial charge in [0.1, 0.15) is 5.75 Å². The maximum absolute atomic E-state index is 13.3. The first-order chi connectivity index (χ1) is 11.8. The second kappa shape index (κ2) is 7.74. The molecule has 2 aromatic carbocycles. The molecule has 132 valence electrons. The van der Waals surface area contributed by atoms with Crippen LogP contribution in [0, 0.1) is 22.9 Å². The molecule has 25 heavy (non-hydrogen) atoms. The van der Waals surface area contributed by atoms with Gasteiger partial charge in [0.15, 0.2) is 6.61 Å². The molecule has 0 aliphatic heterocycles. The minimum absolute atomic E-state index is 0.134. The highest BCUT2D eigenvalue weighted by atomic mass is 19.1. The maximum Gasteiger partial charge on any atom is 0.306 e. The number of nitro groups is 1. The number of nitro benzene ring substituents is 1. The van der Waals surface area contributed by atoms with Gasteiger partial charge >= 0.3 is 5.69 Å². The van der Waals surface area contributed by atoms with Gasteiger partial charge in [-0.3, -0.25) is 14.9 Å². The quantitative estimate of drug-likeness (QED) is 0.628. The van der Waals surface area contributed by atoms with Crippen molar-refractivity contribution in [3.8, 4) is 5.75 Å². The van der Waals surface area contributed by atoms with E-state index in [0.29, 0.717) is 11.7 Å². The molecule has 0 radical (unpaired) electrons. The molecule has 1 N–H and O–H groups in total. The van der Waals surface area contributed by atoms with E-state index >= 15 is 0 Å². The van der Waals surface area contributed by atoms with Crippen LogP contribution in [-0.4, -0.2) is 17.4 Å². The molecule has 0 saturated heterocycles. The van der Waals surface area contributed by atoms with Crippen molar-refractivity contribution in [2.45, 2.75) is 26.7 Å². The van der Waals surface area contributed by atoms with Crippen LogP contribution in [0.25, 0.3) is 0 Å². The van der Waals surface area contributed by atoms with Gasteiger partial charge in [-0.1, -0.05) is 26.0 Å². The van der Waals surface area contributed by atoms with Crippen LogP contribution >= 0.6 is 0 Å². The van der Waals surface area contributed by atoms with Gasteiger partial charge in [0.2, 0.25) is 5.82 Å². The molecule has 1 amide bonds. The molecule has 6 nitrogen and oxygen atoms in total. The molecule has 0 fully saturated rings. The monoisotopic (exact) mass is 346 g/mol. The van der Waals surface area contributed by atoms with Crippen molar-refractivity contribution >= 4 is 17.3 Å². The first-order valence-corrected chi connectivity index (χ1v) is 7.75. The average molecular weight is 346 g/mol. The smallest absolute Gasteiger partial charge is 0.306 e. The molecule has 7 heteroatoms. The molecule has 0 aliphatic rings. The number of hydrogen-bond donors (Lipinski definition) is 1. The largest absolute Gasteiger partial charge is 0.483 e. The fraction of sp³-hybridized carbons (Fsp3) is 0.278. The number of ether oxygens (including phenoxy) is 1. The van der Waals surface area contributed by atoms with E-state index in [1.165, 1.54) is 6.07 Å². The Balaban J connectivity index is 2.03. The third kappa shape index (κ3) is 4.76. The molecule has 0 spiro atoms. The molecule has 2 rings (SSSR count). The van der Waals surface area contributed by atoms with Gasteiger partial charge in [0.25, 0.3) is 5.91 Å². The van der Waals surface area contributed by atoms with Gasteiger partial charge in [-0.25, -0.2) is 0 Å². The zero-order valence-electron chi connectivity index (χ0n) is 14.2. The number of carbonyl (C=O) groups excluding carboxylic acids is 1. The van der Waals surface area contributed by atoms with Crippen LogP contribution in [0.1, 0.15) is 30.9 Å². The lowest BCUT2D eigenvalue weighted by Crippen LogP contribution is -2.20. The van der Waals surface area contributed by atoms with Crippen molar-refractivity contribution in [2.24, 2.45) is 0 Å². The Morgan fingerprint density at radius 3 is 2.64 bits per heavy atom. The number of nitrogens with one attached hydrogen (secondary N) is 1. The highest BCUT2D eigenvalue weighted by Crippen LogP contribution is 2.25. The number of aryl methyl sites for hydroxylation is 1. The predicted molar refractivity (Wildman–Crippen MR) is 92.4 cm³/mol. The standard InChI is InChI=1S/C18H19FN2O4/c1-11(2)13-5-4-12(3)17(8-13)25-10-18(22)20-14-6-7-15(19)16(9-14)21(23)24/h4-9,11H,10H2,1-3H3,(H,20,22). The molecule has 0 aromatic heterocycles. The Bertz CT molecular complexity index is 806. The van der Waals surface area contributed by atoms with Gasteiger partial charge in [0, 0.05) is 11.8 Å². The van der Waals surface area contributed by atoms with E-state index in [4.69, 9.17) is 4.74 Å². The van der Waals surface area contributed by atoms with E-state index in [2.05, 4.69) is 19.2 Å². The predicted octanol–water partition coefficient (Wildman–Crippen LogP) is 4.18. The fourth-order valence-corrected chi connectivity index (χ4v) is 2.20. The van der Waals surface area contributed by atoms with E-state index in [-0.39, 0.29) is 12.3 Å². The van der Waals surface area contributed by atoms with Crippen LogP contribution in [0.4, 0.5) is 15.8 Å². The Hall–Kier alpha value is -2.96. The van der Waals surface area contributed by atoms with E-state index in [0.717, 1.165) is 23.3 Å². The molecule has 0 aliphatic carbocycles. The summed E-state index contributed by atoms with van der Waals surface area (Å²) in [6, 6.07) is 8.97. The van der Waals surface area contributed by atoms with Crippen LogP contribution in [0.3, 0.4) is 0 Å². The molecule has 0 saturated carbocycles. The van der Waals surface area contributed by atoms with Crippen LogP contribution in [0.15, 0.2) is 36.4 Å². The van der Waals surface area contributed by atoms with Crippen molar-refractivity contribution < 1.29 is 18.8 Å². The third-order valence-electron chi connectivity index (χ3n) is 3.66. The summed E-state index contributed by atoms with van der Waals surface area (Å²) in [5, 5.41) is 13.2. The molecular formula is C18H19FN2O4. The number of halogens is 1. The minimum atomic E-state index is -0.958. The summed E-state index contributed by atoms with van der Waals surface area (Å²) in [5.41, 5.74) is 1.43. The van der Waals surface area contributed by atoms with Crippen molar-refractivity contribution in [2.75, 3.05) is 11.9 Å². The lowest BCUT2D eigenvalue weighted by Gasteiger charge is -2.13. The summed E-state index contributed by atoms with van der Waals surface area (Å²) < 4.78 is 18.8. The normalized spacial score (nSPS) is 10.6. The molecule has 2 aromatic rings. The number of benzene rings is 2. The number of anilines is 1. The zero-order valence-corrected chi connectivity index (χ0v) is 14.2. The van der Waals surface area contributed by atoms with Crippen LogP contribution in [0.2, 0.25) is 0 Å². The van der Waals surface area contributed by atoms with Crippen LogP contribution < -0.4 is 10.1 Å². The number of nitrogens with zero attached hydrogens (tertiary/aromatic N) is 1. The van der Waals surface area contributed by atoms with Crippen molar-refractivity contribution in [1.82, 2.24) is 0 Å². The summed E-state index contributed by atoms with van der Waals surface area (Å²) >= 11 is 0. The Morgan fingerprint density at radius 2 is 2.00 bits per heavy atom. The Kier molecular flexibility index (Phi) is 5.69. The number of rotatable bonds is 6. The lowest BCUT2D eigenvalue weighted by atomic mass is 10.0. The highest BCUT2D eigenvalue weighted by molar-refractivity contribution is 5.92. The van der Waals surface area contributed by atoms with Gasteiger partial charge in [-0.15, -0.1) is 0 Å². The summed E-state index contributed by atoms with van der Waals surface area (Å²) in [6.45, 7) is 5.74. The van der Waals surface area contributed by atoms with Gasteiger partial charge in [0.05, 0.1) is 4.92 Å². The highest BCUT2D eigenvalue weighted by Gasteiger charge is 2.15. The lowest BCUT2D eigenvalue weighted by molar-refractivity contribution is -0.387. The van der Waals surface area contributed by atoms with E-state index in [9.17, 15) is 19.3 Å². The van der Waals surface area contributed by atoms with E-state index in [1.807, 2.05) is 25.1 Å². The summed E-state index contributed by atoms with van der Waals surface area (Å²) in [7, 11) is 0. The van der Waals surface area contributed by atoms with Crippen LogP contribution in [0.5, 0.6) is 5.75 Å². The third-order valence-corrected chi connectivity index (χ3v) is 3.66. The Labute approximate surface area is 144 Å². The summed E-state index contributed by atoms with van der Waals surface area (Å²) in [4.78, 5) is 21.9. The zero-order chi connectivity index (χ0) is 18.6. The SMILES string of the molecule is Cc1ccc(C(C)C)cc1OCC(=O)Nc1ccc(F)c([N+](=O)[O-])c1. The maximum atomic E-state index is 13.3. The van der Waals surface area contributed by atoms with Gasteiger partial charge < -0.3 is 10.1 Å². The van der Waals surface area contributed by atoms with Crippen molar-refractivity contribution in [3.05, 3.63) is 63.5 Å². The van der Waals surface area contributed by atoms with E-state index in [1.54, 1.807) is 0 Å². The summed E-state index contributed by atoms with van der Waals surface area (Å²) in [5.74, 6) is -0.515. The number of hydrogen-bond acceptors (Lipinski definition) is 4. The Morgan fingerprint density at radius 1 is 1.28 bits per heavy atom. The van der Waals surface area contributed by atoms with Crippen molar-refractivity contribution in [1.29, 1.82) is 0 Å². The first-order valence-electron chi connectivity index (χ1n) is 7.75. The summed E-state index contributed by atoms with van der Waals surface area (Å²) in [6.07, 6.45) is 0. The van der Waals surface area contributed by atoms with Gasteiger partial charge in [-0.2, -0.15) is 4.39 Å². The molecule has 0 unspecified atom stereocenters. The molecule has 0 bridgehead atoms. The number of carbonyl (C=O) groups is 1. The molecule has 0 heterocycles. The second-order valence-corrected chi connectivity index (χ2v) is 5.94. The van der Waals surface area contributed by atoms with Crippen molar-refractivity contribution in [3.63, 3.8) is 0 Å².